The van der Waals surface area contributed by atoms with Crippen LogP contribution < -0.4 is 10.6 Å². The maximum atomic E-state index is 10.9. The van der Waals surface area contributed by atoms with Gasteiger partial charge in [-0.25, -0.2) is 0 Å². The number of nitrogen functional groups attached to an aromatic ring is 1. The molecule has 1 saturated heterocycles. The molecule has 1 aliphatic rings. The summed E-state index contributed by atoms with van der Waals surface area (Å²) in [7, 11) is 0. The molecule has 0 aromatic heterocycles. The Balaban J connectivity index is 2.19. The summed E-state index contributed by atoms with van der Waals surface area (Å²) in [4.78, 5) is 12.7. The van der Waals surface area contributed by atoms with Crippen LogP contribution in [0.25, 0.3) is 0 Å². The third kappa shape index (κ3) is 3.36. The van der Waals surface area contributed by atoms with Crippen molar-refractivity contribution in [1.29, 1.82) is 0 Å². The quantitative estimate of drug-likeness (QED) is 0.516. The Bertz CT molecular complexity index is 462. The number of nitrogens with two attached hydrogens (primary N) is 1. The molecule has 2 rings (SSSR count). The number of hydrogen-bond acceptors (Lipinski definition) is 4. The molecule has 0 spiro atoms. The topological polar surface area (TPSA) is 72.4 Å². The van der Waals surface area contributed by atoms with Gasteiger partial charge in [-0.1, -0.05) is 13.3 Å². The van der Waals surface area contributed by atoms with Gasteiger partial charge in [-0.15, -0.1) is 0 Å². The molecule has 1 atom stereocenters. The van der Waals surface area contributed by atoms with Crippen LogP contribution >= 0.6 is 0 Å². The van der Waals surface area contributed by atoms with Gasteiger partial charge in [-0.3, -0.25) is 10.1 Å². The summed E-state index contributed by atoms with van der Waals surface area (Å²) in [5, 5.41) is 10.9. The van der Waals surface area contributed by atoms with Crippen LogP contribution in [0.1, 0.15) is 32.6 Å². The smallest absolute Gasteiger partial charge is 0.273 e. The molecule has 0 radical (unpaired) electrons. The summed E-state index contributed by atoms with van der Waals surface area (Å²) in [6.07, 6.45) is 4.75. The molecule has 2 N–H and O–H groups in total. The lowest BCUT2D eigenvalue weighted by atomic mass is 9.98. The Labute approximate surface area is 113 Å². The Hall–Kier alpha value is -1.78. The minimum atomic E-state index is -0.382. The summed E-state index contributed by atoms with van der Waals surface area (Å²) >= 11 is 0. The minimum Gasteiger partial charge on any atom is -0.398 e. The van der Waals surface area contributed by atoms with Crippen LogP contribution in [0.4, 0.5) is 17.1 Å². The maximum Gasteiger partial charge on any atom is 0.273 e. The number of hydrogen-bond donors (Lipinski definition) is 1. The standard InChI is InChI=1S/C14H21N3O2/c1-2-11-4-3-6-16(7-5-11)13-8-12(15)9-14(10-13)17(18)19/h8-11H,2-7,15H2,1H3. The van der Waals surface area contributed by atoms with Gasteiger partial charge >= 0.3 is 0 Å². The van der Waals surface area contributed by atoms with E-state index in [-0.39, 0.29) is 10.6 Å². The zero-order valence-electron chi connectivity index (χ0n) is 11.3. The number of nitro groups is 1. The van der Waals surface area contributed by atoms with E-state index in [0.29, 0.717) is 5.69 Å². The fourth-order valence-corrected chi connectivity index (χ4v) is 2.74. The zero-order chi connectivity index (χ0) is 13.8. The lowest BCUT2D eigenvalue weighted by Crippen LogP contribution is -2.24. The van der Waals surface area contributed by atoms with Gasteiger partial charge in [0, 0.05) is 36.6 Å². The van der Waals surface area contributed by atoms with Crippen molar-refractivity contribution in [1.82, 2.24) is 0 Å². The first-order chi connectivity index (χ1) is 9.10. The molecule has 1 fully saturated rings. The number of anilines is 2. The van der Waals surface area contributed by atoms with Gasteiger partial charge in [0.05, 0.1) is 4.92 Å². The number of nitrogens with zero attached hydrogens (tertiary/aromatic N) is 2. The summed E-state index contributed by atoms with van der Waals surface area (Å²) in [5.74, 6) is 0.779. The first-order valence-corrected chi connectivity index (χ1v) is 6.90. The van der Waals surface area contributed by atoms with Crippen molar-refractivity contribution in [2.75, 3.05) is 23.7 Å². The Morgan fingerprint density at radius 1 is 1.37 bits per heavy atom. The van der Waals surface area contributed by atoms with Crippen LogP contribution in [0, 0.1) is 16.0 Å². The van der Waals surface area contributed by atoms with Crippen molar-refractivity contribution in [2.24, 2.45) is 5.92 Å². The van der Waals surface area contributed by atoms with Crippen molar-refractivity contribution in [3.8, 4) is 0 Å². The molecule has 0 amide bonds. The monoisotopic (exact) mass is 263 g/mol. The van der Waals surface area contributed by atoms with E-state index in [1.807, 2.05) is 6.07 Å². The van der Waals surface area contributed by atoms with E-state index >= 15 is 0 Å². The third-order valence-electron chi connectivity index (χ3n) is 3.93. The second kappa shape index (κ2) is 5.91. The predicted octanol–water partition coefficient (Wildman–Crippen LogP) is 3.19. The Kier molecular flexibility index (Phi) is 4.24. The normalized spacial score (nSPS) is 20.1. The SMILES string of the molecule is CCC1CCCN(c2cc(N)cc([N+](=O)[O-])c2)CC1. The summed E-state index contributed by atoms with van der Waals surface area (Å²) in [6.45, 7) is 4.14. The van der Waals surface area contributed by atoms with Crippen LogP contribution in [0.15, 0.2) is 18.2 Å². The largest absolute Gasteiger partial charge is 0.398 e. The molecular weight excluding hydrogens is 242 g/mol. The second-order valence-electron chi connectivity index (χ2n) is 5.23. The number of non-ortho nitro benzene ring substituents is 1. The molecule has 0 aliphatic carbocycles. The summed E-state index contributed by atoms with van der Waals surface area (Å²) < 4.78 is 0. The first-order valence-electron chi connectivity index (χ1n) is 6.90. The summed E-state index contributed by atoms with van der Waals surface area (Å²) in [6, 6.07) is 4.87. The molecule has 104 valence electrons. The van der Waals surface area contributed by atoms with Crippen LogP contribution in [0.2, 0.25) is 0 Å². The summed E-state index contributed by atoms with van der Waals surface area (Å²) in [5.41, 5.74) is 7.18. The van der Waals surface area contributed by atoms with E-state index in [1.165, 1.54) is 18.9 Å². The van der Waals surface area contributed by atoms with Crippen molar-refractivity contribution in [3.05, 3.63) is 28.3 Å². The molecule has 1 unspecified atom stereocenters. The number of benzene rings is 1. The lowest BCUT2D eigenvalue weighted by molar-refractivity contribution is -0.384. The van der Waals surface area contributed by atoms with Crippen LogP contribution in [-0.4, -0.2) is 18.0 Å². The van der Waals surface area contributed by atoms with Crippen LogP contribution in [-0.2, 0) is 0 Å². The predicted molar refractivity (Wildman–Crippen MR) is 77.4 cm³/mol. The van der Waals surface area contributed by atoms with Crippen molar-refractivity contribution in [2.45, 2.75) is 32.6 Å². The fraction of sp³-hybridized carbons (Fsp3) is 0.571. The van der Waals surface area contributed by atoms with Gasteiger partial charge in [0.1, 0.15) is 0 Å². The van der Waals surface area contributed by atoms with Crippen LogP contribution in [0.3, 0.4) is 0 Å². The van der Waals surface area contributed by atoms with Gasteiger partial charge in [0.25, 0.3) is 5.69 Å². The second-order valence-corrected chi connectivity index (χ2v) is 5.23. The molecule has 5 nitrogen and oxygen atoms in total. The molecule has 0 bridgehead atoms. The van der Waals surface area contributed by atoms with E-state index in [9.17, 15) is 10.1 Å². The maximum absolute atomic E-state index is 10.9. The average Bonchev–Trinajstić information content (AvgIpc) is 2.63. The molecule has 1 aliphatic heterocycles. The average molecular weight is 263 g/mol. The highest BCUT2D eigenvalue weighted by Crippen LogP contribution is 2.29. The van der Waals surface area contributed by atoms with Gasteiger partial charge in [-0.2, -0.15) is 0 Å². The van der Waals surface area contributed by atoms with Crippen LogP contribution in [0.5, 0.6) is 0 Å². The van der Waals surface area contributed by atoms with E-state index in [0.717, 1.165) is 37.5 Å². The molecule has 1 aromatic rings. The highest BCUT2D eigenvalue weighted by Gasteiger charge is 2.18. The van der Waals surface area contributed by atoms with Gasteiger partial charge < -0.3 is 10.6 Å². The van der Waals surface area contributed by atoms with Gasteiger partial charge in [-0.05, 0) is 31.2 Å². The molecule has 1 aromatic carbocycles. The molecule has 1 heterocycles. The highest BCUT2D eigenvalue weighted by molar-refractivity contribution is 5.62. The van der Waals surface area contributed by atoms with E-state index in [2.05, 4.69) is 11.8 Å². The number of nitro benzene ring substituents is 1. The Morgan fingerprint density at radius 3 is 2.84 bits per heavy atom. The highest BCUT2D eigenvalue weighted by atomic mass is 16.6. The lowest BCUT2D eigenvalue weighted by Gasteiger charge is -2.23. The molecule has 5 heteroatoms. The van der Waals surface area contributed by atoms with E-state index in [4.69, 9.17) is 5.73 Å². The van der Waals surface area contributed by atoms with Crippen molar-refractivity contribution >= 4 is 17.1 Å². The number of rotatable bonds is 3. The minimum absolute atomic E-state index is 0.0753. The molecule has 0 saturated carbocycles. The van der Waals surface area contributed by atoms with E-state index in [1.54, 1.807) is 6.07 Å². The molecular formula is C14H21N3O2. The van der Waals surface area contributed by atoms with Crippen molar-refractivity contribution < 1.29 is 4.92 Å². The van der Waals surface area contributed by atoms with Crippen molar-refractivity contribution in [3.63, 3.8) is 0 Å². The fourth-order valence-electron chi connectivity index (χ4n) is 2.74. The van der Waals surface area contributed by atoms with E-state index < -0.39 is 0 Å². The van der Waals surface area contributed by atoms with Gasteiger partial charge in [0.2, 0.25) is 0 Å². The molecule has 19 heavy (non-hydrogen) atoms. The Morgan fingerprint density at radius 2 is 2.16 bits per heavy atom. The first kappa shape index (κ1) is 13.6. The third-order valence-corrected chi connectivity index (χ3v) is 3.93. The zero-order valence-corrected chi connectivity index (χ0v) is 11.3. The van der Waals surface area contributed by atoms with Gasteiger partial charge in [0.15, 0.2) is 0 Å².